The third-order valence-corrected chi connectivity index (χ3v) is 6.52. The SMILES string of the molecule is O=C1c2cccc3c(N4CCCN(CC5CC5)CC4)ccc(c23)N1CCC(F)(F)F. The van der Waals surface area contributed by atoms with Crippen molar-refractivity contribution in [1.29, 1.82) is 0 Å². The van der Waals surface area contributed by atoms with Crippen LogP contribution in [0, 0.1) is 5.92 Å². The van der Waals surface area contributed by atoms with Crippen LogP contribution in [0.2, 0.25) is 0 Å². The van der Waals surface area contributed by atoms with Gasteiger partial charge in [-0.3, -0.25) is 4.79 Å². The molecule has 2 aromatic carbocycles. The van der Waals surface area contributed by atoms with Crippen LogP contribution in [0.25, 0.3) is 10.8 Å². The summed E-state index contributed by atoms with van der Waals surface area (Å²) in [4.78, 5) is 19.0. The predicted octanol–water partition coefficient (Wildman–Crippen LogP) is 4.67. The Balaban J connectivity index is 1.43. The van der Waals surface area contributed by atoms with Gasteiger partial charge in [0.15, 0.2) is 0 Å². The highest BCUT2D eigenvalue weighted by atomic mass is 19.4. The van der Waals surface area contributed by atoms with E-state index >= 15 is 0 Å². The van der Waals surface area contributed by atoms with Gasteiger partial charge in [-0.25, -0.2) is 0 Å². The molecule has 1 saturated carbocycles. The number of carbonyl (C=O) groups excluding carboxylic acids is 1. The fourth-order valence-corrected chi connectivity index (χ4v) is 4.83. The van der Waals surface area contributed by atoms with Gasteiger partial charge in [0.2, 0.25) is 0 Å². The van der Waals surface area contributed by atoms with Gasteiger partial charge in [-0.2, -0.15) is 13.2 Å². The van der Waals surface area contributed by atoms with E-state index in [-0.39, 0.29) is 12.5 Å². The third kappa shape index (κ3) is 3.75. The number of rotatable bonds is 5. The van der Waals surface area contributed by atoms with Gasteiger partial charge in [0.05, 0.1) is 12.1 Å². The summed E-state index contributed by atoms with van der Waals surface area (Å²) in [5.74, 6) is 0.547. The van der Waals surface area contributed by atoms with Crippen molar-refractivity contribution >= 4 is 28.1 Å². The van der Waals surface area contributed by atoms with Crippen LogP contribution >= 0.6 is 0 Å². The Labute approximate surface area is 174 Å². The molecule has 3 aliphatic rings. The first-order chi connectivity index (χ1) is 14.4. The molecule has 1 amide bonds. The normalized spacial score (nSPS) is 20.3. The summed E-state index contributed by atoms with van der Waals surface area (Å²) in [6, 6.07) is 9.37. The molecule has 160 valence electrons. The molecule has 2 heterocycles. The molecule has 0 atom stereocenters. The fourth-order valence-electron chi connectivity index (χ4n) is 4.83. The van der Waals surface area contributed by atoms with Crippen LogP contribution in [-0.2, 0) is 0 Å². The van der Waals surface area contributed by atoms with E-state index in [0.717, 1.165) is 55.0 Å². The first kappa shape index (κ1) is 19.7. The molecular weight excluding hydrogens is 391 g/mol. The summed E-state index contributed by atoms with van der Waals surface area (Å²) in [5.41, 5.74) is 2.19. The van der Waals surface area contributed by atoms with Crippen LogP contribution in [-0.4, -0.2) is 56.3 Å². The Morgan fingerprint density at radius 1 is 0.967 bits per heavy atom. The van der Waals surface area contributed by atoms with Crippen molar-refractivity contribution in [2.45, 2.75) is 31.9 Å². The van der Waals surface area contributed by atoms with E-state index in [1.165, 1.54) is 24.3 Å². The second-order valence-electron chi connectivity index (χ2n) is 8.74. The lowest BCUT2D eigenvalue weighted by Crippen LogP contribution is -2.32. The molecule has 2 aromatic rings. The minimum atomic E-state index is -4.29. The zero-order valence-corrected chi connectivity index (χ0v) is 16.9. The van der Waals surface area contributed by atoms with E-state index in [1.807, 2.05) is 24.3 Å². The second-order valence-corrected chi connectivity index (χ2v) is 8.74. The van der Waals surface area contributed by atoms with Crippen LogP contribution in [0.1, 0.15) is 36.0 Å². The number of carbonyl (C=O) groups is 1. The molecule has 2 fully saturated rings. The maximum Gasteiger partial charge on any atom is 0.390 e. The molecule has 0 spiro atoms. The number of anilines is 2. The van der Waals surface area contributed by atoms with Crippen molar-refractivity contribution < 1.29 is 18.0 Å². The van der Waals surface area contributed by atoms with Gasteiger partial charge < -0.3 is 14.7 Å². The minimum Gasteiger partial charge on any atom is -0.370 e. The van der Waals surface area contributed by atoms with Crippen molar-refractivity contribution in [2.75, 3.05) is 49.1 Å². The van der Waals surface area contributed by atoms with E-state index < -0.39 is 12.6 Å². The summed E-state index contributed by atoms with van der Waals surface area (Å²) in [7, 11) is 0. The molecule has 0 aromatic heterocycles. The molecule has 2 aliphatic heterocycles. The molecule has 0 radical (unpaired) electrons. The molecule has 0 N–H and O–H groups in total. The Kier molecular flexibility index (Phi) is 4.88. The molecule has 7 heteroatoms. The average Bonchev–Trinajstić information content (AvgIpc) is 3.51. The van der Waals surface area contributed by atoms with Gasteiger partial charge in [-0.1, -0.05) is 12.1 Å². The van der Waals surface area contributed by atoms with E-state index in [4.69, 9.17) is 0 Å². The average molecular weight is 417 g/mol. The molecule has 5 rings (SSSR count). The lowest BCUT2D eigenvalue weighted by atomic mass is 10.0. The van der Waals surface area contributed by atoms with Crippen molar-refractivity contribution in [1.82, 2.24) is 4.90 Å². The largest absolute Gasteiger partial charge is 0.390 e. The van der Waals surface area contributed by atoms with E-state index in [1.54, 1.807) is 6.07 Å². The van der Waals surface area contributed by atoms with Crippen LogP contribution in [0.3, 0.4) is 0 Å². The standard InChI is InChI=1S/C23H26F3N3O/c24-23(25,26)9-12-29-20-8-7-19(17-3-1-4-18(21(17)20)22(29)30)28-11-2-10-27(13-14-28)15-16-5-6-16/h1,3-4,7-8,16H,2,5-6,9-15H2. The number of benzene rings is 2. The summed E-state index contributed by atoms with van der Waals surface area (Å²) >= 11 is 0. The Morgan fingerprint density at radius 2 is 1.77 bits per heavy atom. The van der Waals surface area contributed by atoms with Crippen LogP contribution in [0.15, 0.2) is 30.3 Å². The fraction of sp³-hybridized carbons (Fsp3) is 0.522. The predicted molar refractivity (Wildman–Crippen MR) is 112 cm³/mol. The van der Waals surface area contributed by atoms with E-state index in [9.17, 15) is 18.0 Å². The van der Waals surface area contributed by atoms with Crippen LogP contribution in [0.4, 0.5) is 24.5 Å². The monoisotopic (exact) mass is 417 g/mol. The summed E-state index contributed by atoms with van der Waals surface area (Å²) in [5, 5.41) is 1.75. The summed E-state index contributed by atoms with van der Waals surface area (Å²) in [6.07, 6.45) is -1.49. The number of hydrogen-bond acceptors (Lipinski definition) is 3. The summed E-state index contributed by atoms with van der Waals surface area (Å²) < 4.78 is 38.3. The van der Waals surface area contributed by atoms with Crippen LogP contribution < -0.4 is 9.80 Å². The first-order valence-electron chi connectivity index (χ1n) is 10.8. The highest BCUT2D eigenvalue weighted by molar-refractivity contribution is 6.26. The zero-order chi connectivity index (χ0) is 20.9. The Morgan fingerprint density at radius 3 is 2.53 bits per heavy atom. The molecule has 4 nitrogen and oxygen atoms in total. The van der Waals surface area contributed by atoms with Crippen molar-refractivity contribution in [3.8, 4) is 0 Å². The topological polar surface area (TPSA) is 26.8 Å². The maximum absolute atomic E-state index is 12.8. The molecule has 1 saturated heterocycles. The van der Waals surface area contributed by atoms with Gasteiger partial charge in [-0.15, -0.1) is 0 Å². The summed E-state index contributed by atoms with van der Waals surface area (Å²) in [6.45, 7) is 4.86. The lowest BCUT2D eigenvalue weighted by Gasteiger charge is -2.26. The number of amides is 1. The number of nitrogens with zero attached hydrogens (tertiary/aromatic N) is 3. The molecule has 0 bridgehead atoms. The van der Waals surface area contributed by atoms with Gasteiger partial charge in [0.25, 0.3) is 5.91 Å². The zero-order valence-electron chi connectivity index (χ0n) is 16.9. The van der Waals surface area contributed by atoms with Gasteiger partial charge in [0, 0.05) is 54.7 Å². The smallest absolute Gasteiger partial charge is 0.370 e. The first-order valence-corrected chi connectivity index (χ1v) is 10.8. The van der Waals surface area contributed by atoms with Crippen molar-refractivity contribution in [2.24, 2.45) is 5.92 Å². The number of halogens is 3. The highest BCUT2D eigenvalue weighted by Crippen LogP contribution is 2.42. The molecule has 1 aliphatic carbocycles. The van der Waals surface area contributed by atoms with Crippen molar-refractivity contribution in [3.05, 3.63) is 35.9 Å². The van der Waals surface area contributed by atoms with Crippen molar-refractivity contribution in [3.63, 3.8) is 0 Å². The third-order valence-electron chi connectivity index (χ3n) is 6.52. The van der Waals surface area contributed by atoms with Gasteiger partial charge >= 0.3 is 6.18 Å². The quantitative estimate of drug-likeness (QED) is 0.707. The van der Waals surface area contributed by atoms with Gasteiger partial charge in [-0.05, 0) is 49.9 Å². The van der Waals surface area contributed by atoms with E-state index in [0.29, 0.717) is 11.3 Å². The van der Waals surface area contributed by atoms with Crippen LogP contribution in [0.5, 0.6) is 0 Å². The second kappa shape index (κ2) is 7.45. The van der Waals surface area contributed by atoms with Gasteiger partial charge in [0.1, 0.15) is 0 Å². The molecular formula is C23H26F3N3O. The minimum absolute atomic E-state index is 0.330. The highest BCUT2D eigenvalue weighted by Gasteiger charge is 2.35. The molecule has 30 heavy (non-hydrogen) atoms. The molecule has 0 unspecified atom stereocenters. The maximum atomic E-state index is 12.8. The number of alkyl halides is 3. The van der Waals surface area contributed by atoms with E-state index in [2.05, 4.69) is 9.80 Å². The lowest BCUT2D eigenvalue weighted by molar-refractivity contribution is -0.132. The Hall–Kier alpha value is -2.28. The number of hydrogen-bond donors (Lipinski definition) is 0. The Bertz CT molecular complexity index is 970.